The second-order valence-corrected chi connectivity index (χ2v) is 10.3. The summed E-state index contributed by atoms with van der Waals surface area (Å²) in [5.74, 6) is 0.197. The molecule has 9 nitrogen and oxygen atoms in total. The molecule has 2 aromatic heterocycles. The number of pyridine rings is 1. The predicted molar refractivity (Wildman–Crippen MR) is 124 cm³/mol. The van der Waals surface area contributed by atoms with Gasteiger partial charge in [0.2, 0.25) is 11.6 Å². The van der Waals surface area contributed by atoms with Crippen LogP contribution in [-0.2, 0) is 23.3 Å². The van der Waals surface area contributed by atoms with Gasteiger partial charge >= 0.3 is 0 Å². The van der Waals surface area contributed by atoms with E-state index in [0.29, 0.717) is 15.1 Å². The highest BCUT2D eigenvalue weighted by molar-refractivity contribution is 9.10. The van der Waals surface area contributed by atoms with Gasteiger partial charge < -0.3 is 9.88 Å². The summed E-state index contributed by atoms with van der Waals surface area (Å²) in [6.07, 6.45) is 4.46. The Morgan fingerprint density at radius 1 is 1.31 bits per heavy atom. The normalized spacial score (nSPS) is 12.6. The van der Waals surface area contributed by atoms with E-state index in [2.05, 4.69) is 30.7 Å². The first kappa shape index (κ1) is 23.4. The van der Waals surface area contributed by atoms with Gasteiger partial charge in [0, 0.05) is 42.7 Å². The minimum absolute atomic E-state index is 0.0117. The van der Waals surface area contributed by atoms with E-state index in [1.807, 2.05) is 13.0 Å². The summed E-state index contributed by atoms with van der Waals surface area (Å²) in [5.41, 5.74) is 1.78. The lowest BCUT2D eigenvalue weighted by Crippen LogP contribution is -2.30. The SMILES string of the molecule is Cc1cc(-n2cc(C(=O)NCc3ccc(S(C)(=O)=NC#N)cc3)c(=O)c(Br)c2C)n(C)n1. The Balaban J connectivity index is 1.87. The first-order valence-corrected chi connectivity index (χ1v) is 12.2. The molecule has 1 atom stereocenters. The largest absolute Gasteiger partial charge is 0.348 e. The molecule has 0 fully saturated rings. The highest BCUT2D eigenvalue weighted by Crippen LogP contribution is 2.19. The van der Waals surface area contributed by atoms with E-state index >= 15 is 0 Å². The predicted octanol–water partition coefficient (Wildman–Crippen LogP) is 2.82. The number of aromatic nitrogens is 3. The van der Waals surface area contributed by atoms with E-state index in [1.54, 1.807) is 53.7 Å². The molecular weight excluding hydrogens is 496 g/mol. The number of carbonyl (C=O) groups is 1. The number of nitrogens with one attached hydrogen (secondary N) is 1. The van der Waals surface area contributed by atoms with Crippen molar-refractivity contribution in [2.45, 2.75) is 25.3 Å². The molecule has 166 valence electrons. The van der Waals surface area contributed by atoms with Crippen LogP contribution in [0.5, 0.6) is 0 Å². The van der Waals surface area contributed by atoms with Gasteiger partial charge in [-0.1, -0.05) is 12.1 Å². The highest BCUT2D eigenvalue weighted by Gasteiger charge is 2.19. The topological polar surface area (TPSA) is 122 Å². The molecule has 0 spiro atoms. The molecule has 1 N–H and O–H groups in total. The van der Waals surface area contributed by atoms with Crippen molar-refractivity contribution in [1.29, 1.82) is 5.26 Å². The minimum Gasteiger partial charge on any atom is -0.348 e. The van der Waals surface area contributed by atoms with Gasteiger partial charge in [-0.25, -0.2) is 4.21 Å². The summed E-state index contributed by atoms with van der Waals surface area (Å²) < 4.78 is 19.5. The van der Waals surface area contributed by atoms with E-state index in [1.165, 1.54) is 12.5 Å². The van der Waals surface area contributed by atoms with Crippen LogP contribution in [0.25, 0.3) is 5.82 Å². The molecule has 0 aliphatic rings. The molecule has 0 aliphatic carbocycles. The smallest absolute Gasteiger partial charge is 0.257 e. The third-order valence-electron chi connectivity index (χ3n) is 4.88. The Labute approximate surface area is 194 Å². The van der Waals surface area contributed by atoms with Crippen molar-refractivity contribution in [2.75, 3.05) is 6.26 Å². The minimum atomic E-state index is -2.78. The fraction of sp³-hybridized carbons (Fsp3) is 0.238. The molecule has 0 aliphatic heterocycles. The van der Waals surface area contributed by atoms with Crippen molar-refractivity contribution in [3.63, 3.8) is 0 Å². The van der Waals surface area contributed by atoms with Crippen LogP contribution in [0.4, 0.5) is 0 Å². The molecule has 1 aromatic carbocycles. The maximum absolute atomic E-state index is 12.8. The Morgan fingerprint density at radius 3 is 2.53 bits per heavy atom. The first-order valence-electron chi connectivity index (χ1n) is 9.45. The number of aryl methyl sites for hydroxylation is 2. The van der Waals surface area contributed by atoms with Gasteiger partial charge in [0.05, 0.1) is 19.9 Å². The summed E-state index contributed by atoms with van der Waals surface area (Å²) in [7, 11) is -0.991. The molecule has 0 saturated carbocycles. The van der Waals surface area contributed by atoms with E-state index < -0.39 is 21.1 Å². The van der Waals surface area contributed by atoms with Gasteiger partial charge in [0.1, 0.15) is 11.4 Å². The molecular formula is C21H21BrN6O3S. The third kappa shape index (κ3) is 4.66. The molecule has 1 unspecified atom stereocenters. The fourth-order valence-corrected chi connectivity index (χ4v) is 4.47. The van der Waals surface area contributed by atoms with Gasteiger partial charge in [0.25, 0.3) is 5.91 Å². The Morgan fingerprint density at radius 2 is 1.97 bits per heavy atom. The molecule has 1 amide bonds. The summed E-state index contributed by atoms with van der Waals surface area (Å²) in [6, 6.07) is 8.44. The quantitative estimate of drug-likeness (QED) is 0.522. The number of hydrogen-bond acceptors (Lipinski definition) is 6. The average Bonchev–Trinajstić information content (AvgIpc) is 3.08. The summed E-state index contributed by atoms with van der Waals surface area (Å²) in [5, 5.41) is 15.7. The molecule has 3 aromatic rings. The van der Waals surface area contributed by atoms with Crippen LogP contribution in [0, 0.1) is 25.3 Å². The Bertz CT molecular complexity index is 1420. The summed E-state index contributed by atoms with van der Waals surface area (Å²) in [4.78, 5) is 26.0. The highest BCUT2D eigenvalue weighted by atomic mass is 79.9. The van der Waals surface area contributed by atoms with E-state index in [-0.39, 0.29) is 12.1 Å². The van der Waals surface area contributed by atoms with E-state index in [9.17, 15) is 13.8 Å². The zero-order valence-corrected chi connectivity index (χ0v) is 20.3. The van der Waals surface area contributed by atoms with E-state index in [4.69, 9.17) is 5.26 Å². The van der Waals surface area contributed by atoms with Crippen molar-refractivity contribution in [3.8, 4) is 12.0 Å². The number of rotatable bonds is 5. The number of hydrogen-bond donors (Lipinski definition) is 1. The van der Waals surface area contributed by atoms with Gasteiger partial charge in [-0.2, -0.15) is 10.4 Å². The average molecular weight is 517 g/mol. The fourth-order valence-electron chi connectivity index (χ4n) is 3.16. The van der Waals surface area contributed by atoms with Crippen molar-refractivity contribution < 1.29 is 9.00 Å². The molecule has 0 saturated heterocycles. The molecule has 32 heavy (non-hydrogen) atoms. The van der Waals surface area contributed by atoms with Crippen molar-refractivity contribution in [1.82, 2.24) is 19.7 Å². The lowest BCUT2D eigenvalue weighted by Gasteiger charge is -2.14. The molecule has 3 rings (SSSR count). The monoisotopic (exact) mass is 516 g/mol. The Hall–Kier alpha value is -3.23. The molecule has 0 bridgehead atoms. The van der Waals surface area contributed by atoms with Crippen LogP contribution < -0.4 is 10.7 Å². The van der Waals surface area contributed by atoms with Crippen LogP contribution in [0.3, 0.4) is 0 Å². The van der Waals surface area contributed by atoms with Crippen molar-refractivity contribution in [2.24, 2.45) is 11.4 Å². The maximum Gasteiger partial charge on any atom is 0.257 e. The lowest BCUT2D eigenvalue weighted by atomic mass is 10.2. The second-order valence-electron chi connectivity index (χ2n) is 7.23. The van der Waals surface area contributed by atoms with E-state index in [0.717, 1.165) is 17.1 Å². The second kappa shape index (κ2) is 9.10. The van der Waals surface area contributed by atoms with Gasteiger partial charge in [0.15, 0.2) is 0 Å². The third-order valence-corrected chi connectivity index (χ3v) is 7.39. The molecule has 0 radical (unpaired) electrons. The number of nitriles is 1. The molecule has 11 heteroatoms. The number of carbonyl (C=O) groups excluding carboxylic acids is 1. The van der Waals surface area contributed by atoms with Gasteiger partial charge in [-0.3, -0.25) is 14.3 Å². The summed E-state index contributed by atoms with van der Waals surface area (Å²) >= 11 is 3.31. The van der Waals surface area contributed by atoms with Crippen LogP contribution in [-0.4, -0.2) is 30.7 Å². The van der Waals surface area contributed by atoms with Crippen LogP contribution in [0.15, 0.2) is 55.1 Å². The van der Waals surface area contributed by atoms with Crippen LogP contribution in [0.2, 0.25) is 0 Å². The number of benzene rings is 1. The zero-order valence-electron chi connectivity index (χ0n) is 17.9. The number of amides is 1. The van der Waals surface area contributed by atoms with Gasteiger partial charge in [-0.15, -0.1) is 4.36 Å². The summed E-state index contributed by atoms with van der Waals surface area (Å²) in [6.45, 7) is 3.80. The molecule has 2 heterocycles. The number of nitrogens with zero attached hydrogens (tertiary/aromatic N) is 5. The van der Waals surface area contributed by atoms with Crippen molar-refractivity contribution in [3.05, 3.63) is 73.7 Å². The van der Waals surface area contributed by atoms with Crippen LogP contribution in [0.1, 0.15) is 27.3 Å². The number of halogens is 1. The standard InChI is InChI=1S/C21H21BrN6O3S/c1-13-9-18(27(3)26-13)28-11-17(20(29)19(22)14(28)2)21(30)24-10-15-5-7-16(8-6-15)32(4,31)25-12-23/h5-9,11H,10H2,1-4H3,(H,24,30). The van der Waals surface area contributed by atoms with Crippen molar-refractivity contribution >= 4 is 31.6 Å². The lowest BCUT2D eigenvalue weighted by molar-refractivity contribution is 0.0949. The van der Waals surface area contributed by atoms with Gasteiger partial charge in [-0.05, 0) is 47.5 Å². The zero-order chi connectivity index (χ0) is 23.6. The maximum atomic E-state index is 12.8. The first-order chi connectivity index (χ1) is 15.0. The van der Waals surface area contributed by atoms with Crippen LogP contribution >= 0.6 is 15.9 Å². The Kier molecular flexibility index (Phi) is 6.66.